The molecule has 1 fully saturated rings. The zero-order valence-electron chi connectivity index (χ0n) is 11.4. The molecule has 0 aliphatic heterocycles. The summed E-state index contributed by atoms with van der Waals surface area (Å²) in [5, 5.41) is 6.18. The Balaban J connectivity index is 1.67. The number of hydrogen-bond donors (Lipinski definition) is 2. The largest absolute Gasteiger partial charge is 0.381 e. The third-order valence-electron chi connectivity index (χ3n) is 3.34. The van der Waals surface area contributed by atoms with Crippen molar-refractivity contribution in [2.75, 3.05) is 10.6 Å². The minimum Gasteiger partial charge on any atom is -0.381 e. The molecule has 0 saturated heterocycles. The molecule has 0 radical (unpaired) electrons. The van der Waals surface area contributed by atoms with Gasteiger partial charge in [-0.1, -0.05) is 18.2 Å². The maximum Gasteiger partial charge on any atom is 0.257 e. The maximum absolute atomic E-state index is 12.1. The predicted octanol–water partition coefficient (Wildman–Crippen LogP) is 3.22. The molecule has 2 aromatic rings. The molecule has 1 saturated carbocycles. The van der Waals surface area contributed by atoms with E-state index >= 15 is 0 Å². The lowest BCUT2D eigenvalue weighted by Crippen LogP contribution is -2.14. The lowest BCUT2D eigenvalue weighted by molar-refractivity contribution is 0.102. The summed E-state index contributed by atoms with van der Waals surface area (Å²) >= 11 is 0. The summed E-state index contributed by atoms with van der Waals surface area (Å²) in [5.74, 6) is 0.443. The summed E-state index contributed by atoms with van der Waals surface area (Å²) in [7, 11) is 0. The van der Waals surface area contributed by atoms with Gasteiger partial charge in [0.25, 0.3) is 5.91 Å². The van der Waals surface area contributed by atoms with E-state index in [1.165, 1.54) is 12.8 Å². The Morgan fingerprint density at radius 3 is 2.65 bits per heavy atom. The zero-order valence-corrected chi connectivity index (χ0v) is 11.4. The zero-order chi connectivity index (χ0) is 13.9. The molecule has 1 aliphatic carbocycles. The highest BCUT2D eigenvalue weighted by Crippen LogP contribution is 2.24. The van der Waals surface area contributed by atoms with Gasteiger partial charge >= 0.3 is 0 Å². The van der Waals surface area contributed by atoms with E-state index in [0.717, 1.165) is 11.3 Å². The summed E-state index contributed by atoms with van der Waals surface area (Å²) < 4.78 is 0. The molecule has 1 aliphatic rings. The molecule has 3 rings (SSSR count). The lowest BCUT2D eigenvalue weighted by Gasteiger charge is -2.08. The number of pyridine rings is 1. The minimum atomic E-state index is -0.126. The summed E-state index contributed by atoms with van der Waals surface area (Å²) in [6, 6.07) is 11.9. The van der Waals surface area contributed by atoms with Crippen molar-refractivity contribution in [3.8, 4) is 0 Å². The van der Waals surface area contributed by atoms with Crippen molar-refractivity contribution in [3.63, 3.8) is 0 Å². The number of nitrogens with one attached hydrogen (secondary N) is 2. The second-order valence-corrected chi connectivity index (χ2v) is 5.12. The Morgan fingerprint density at radius 1 is 1.20 bits per heavy atom. The van der Waals surface area contributed by atoms with Crippen LogP contribution in [0.3, 0.4) is 0 Å². The van der Waals surface area contributed by atoms with Crippen LogP contribution in [-0.2, 0) is 0 Å². The number of amides is 1. The van der Waals surface area contributed by atoms with Gasteiger partial charge in [0, 0.05) is 11.6 Å². The minimum absolute atomic E-state index is 0.126. The number of hydrogen-bond acceptors (Lipinski definition) is 3. The predicted molar refractivity (Wildman–Crippen MR) is 80.0 cm³/mol. The van der Waals surface area contributed by atoms with Gasteiger partial charge in [-0.2, -0.15) is 0 Å². The van der Waals surface area contributed by atoms with E-state index in [9.17, 15) is 4.79 Å². The SMILES string of the molecule is Cc1ccccc1C(=O)Nc1ccc(NC2CC2)cn1. The number of carbonyl (C=O) groups excluding carboxylic acids is 1. The third kappa shape index (κ3) is 2.96. The average Bonchev–Trinajstić information content (AvgIpc) is 3.25. The molecule has 0 unspecified atom stereocenters. The van der Waals surface area contributed by atoms with Crippen molar-refractivity contribution >= 4 is 17.4 Å². The van der Waals surface area contributed by atoms with Gasteiger partial charge in [-0.3, -0.25) is 4.79 Å². The van der Waals surface area contributed by atoms with Crippen molar-refractivity contribution in [1.82, 2.24) is 4.98 Å². The van der Waals surface area contributed by atoms with Crippen molar-refractivity contribution in [3.05, 3.63) is 53.7 Å². The van der Waals surface area contributed by atoms with Crippen molar-refractivity contribution in [1.29, 1.82) is 0 Å². The first kappa shape index (κ1) is 12.7. The van der Waals surface area contributed by atoms with Crippen LogP contribution < -0.4 is 10.6 Å². The molecule has 1 amide bonds. The fourth-order valence-corrected chi connectivity index (χ4v) is 2.03. The highest BCUT2D eigenvalue weighted by Gasteiger charge is 2.20. The van der Waals surface area contributed by atoms with Crippen LogP contribution in [0.2, 0.25) is 0 Å². The molecule has 4 heteroatoms. The van der Waals surface area contributed by atoms with Gasteiger partial charge in [0.15, 0.2) is 0 Å². The van der Waals surface area contributed by atoms with Crippen LogP contribution in [0.25, 0.3) is 0 Å². The average molecular weight is 267 g/mol. The monoisotopic (exact) mass is 267 g/mol. The van der Waals surface area contributed by atoms with Crippen LogP contribution in [-0.4, -0.2) is 16.9 Å². The number of benzene rings is 1. The normalized spacial score (nSPS) is 13.8. The summed E-state index contributed by atoms with van der Waals surface area (Å²) in [6.07, 6.45) is 4.21. The number of anilines is 2. The molecule has 0 bridgehead atoms. The topological polar surface area (TPSA) is 54.0 Å². The highest BCUT2D eigenvalue weighted by atomic mass is 16.1. The van der Waals surface area contributed by atoms with E-state index in [1.54, 1.807) is 6.20 Å². The number of rotatable bonds is 4. The number of carbonyl (C=O) groups is 1. The maximum atomic E-state index is 12.1. The Kier molecular flexibility index (Phi) is 3.37. The third-order valence-corrected chi connectivity index (χ3v) is 3.34. The van der Waals surface area contributed by atoms with Crippen LogP contribution in [0.1, 0.15) is 28.8 Å². The molecule has 1 aromatic carbocycles. The van der Waals surface area contributed by atoms with E-state index in [0.29, 0.717) is 17.4 Å². The highest BCUT2D eigenvalue weighted by molar-refractivity contribution is 6.04. The summed E-state index contributed by atoms with van der Waals surface area (Å²) in [4.78, 5) is 16.4. The van der Waals surface area contributed by atoms with Crippen LogP contribution in [0, 0.1) is 6.92 Å². The molecule has 2 N–H and O–H groups in total. The van der Waals surface area contributed by atoms with Crippen molar-refractivity contribution in [2.24, 2.45) is 0 Å². The number of nitrogens with zero attached hydrogens (tertiary/aromatic N) is 1. The number of aryl methyl sites for hydroxylation is 1. The van der Waals surface area contributed by atoms with Crippen LogP contribution in [0.5, 0.6) is 0 Å². The first-order valence-corrected chi connectivity index (χ1v) is 6.82. The first-order chi connectivity index (χ1) is 9.72. The Labute approximate surface area is 118 Å². The molecule has 102 valence electrons. The van der Waals surface area contributed by atoms with Gasteiger partial charge in [-0.25, -0.2) is 4.98 Å². The molecule has 1 aromatic heterocycles. The fraction of sp³-hybridized carbons (Fsp3) is 0.250. The van der Waals surface area contributed by atoms with Gasteiger partial charge < -0.3 is 10.6 Å². The Bertz CT molecular complexity index is 618. The second kappa shape index (κ2) is 5.33. The van der Waals surface area contributed by atoms with Crippen molar-refractivity contribution in [2.45, 2.75) is 25.8 Å². The van der Waals surface area contributed by atoms with Gasteiger partial charge in [-0.15, -0.1) is 0 Å². The van der Waals surface area contributed by atoms with Crippen LogP contribution in [0.15, 0.2) is 42.6 Å². The molecular weight excluding hydrogens is 250 g/mol. The van der Waals surface area contributed by atoms with Gasteiger partial charge in [-0.05, 0) is 43.5 Å². The van der Waals surface area contributed by atoms with E-state index in [4.69, 9.17) is 0 Å². The van der Waals surface area contributed by atoms with Crippen LogP contribution in [0.4, 0.5) is 11.5 Å². The van der Waals surface area contributed by atoms with Crippen LogP contribution >= 0.6 is 0 Å². The molecule has 1 heterocycles. The standard InChI is InChI=1S/C16H17N3O/c1-11-4-2-3-5-14(11)16(20)19-15-9-8-13(10-17-15)18-12-6-7-12/h2-5,8-10,12,18H,6-7H2,1H3,(H,17,19,20). The molecule has 4 nitrogen and oxygen atoms in total. The Hall–Kier alpha value is -2.36. The lowest BCUT2D eigenvalue weighted by atomic mass is 10.1. The van der Waals surface area contributed by atoms with Crippen molar-refractivity contribution < 1.29 is 4.79 Å². The Morgan fingerprint density at radius 2 is 2.00 bits per heavy atom. The fourth-order valence-electron chi connectivity index (χ4n) is 2.03. The first-order valence-electron chi connectivity index (χ1n) is 6.82. The quantitative estimate of drug-likeness (QED) is 0.894. The molecule has 0 spiro atoms. The smallest absolute Gasteiger partial charge is 0.257 e. The van der Waals surface area contributed by atoms with E-state index in [1.807, 2.05) is 43.3 Å². The number of aromatic nitrogens is 1. The molecule has 0 atom stereocenters. The van der Waals surface area contributed by atoms with Gasteiger partial charge in [0.05, 0.1) is 11.9 Å². The summed E-state index contributed by atoms with van der Waals surface area (Å²) in [5.41, 5.74) is 2.63. The van der Waals surface area contributed by atoms with E-state index in [2.05, 4.69) is 15.6 Å². The second-order valence-electron chi connectivity index (χ2n) is 5.12. The van der Waals surface area contributed by atoms with E-state index in [-0.39, 0.29) is 5.91 Å². The molecule has 20 heavy (non-hydrogen) atoms. The summed E-state index contributed by atoms with van der Waals surface area (Å²) in [6.45, 7) is 1.92. The molecular formula is C16H17N3O. The van der Waals surface area contributed by atoms with Gasteiger partial charge in [0.1, 0.15) is 5.82 Å². The van der Waals surface area contributed by atoms with Gasteiger partial charge in [0.2, 0.25) is 0 Å². The van der Waals surface area contributed by atoms with E-state index < -0.39 is 0 Å².